The van der Waals surface area contributed by atoms with E-state index in [0.29, 0.717) is 5.56 Å². The zero-order valence-corrected chi connectivity index (χ0v) is 10.2. The third-order valence-electron chi connectivity index (χ3n) is 1.34. The van der Waals surface area contributed by atoms with Gasteiger partial charge in [0.2, 0.25) is 0 Å². The Balaban J connectivity index is 0. The molecule has 0 fully saturated rings. The molecule has 1 aromatic carbocycles. The van der Waals surface area contributed by atoms with E-state index < -0.39 is 18.5 Å². The maximum atomic E-state index is 11.1. The van der Waals surface area contributed by atoms with Gasteiger partial charge in [0.1, 0.15) is 0 Å². The van der Waals surface area contributed by atoms with Crippen molar-refractivity contribution in [2.45, 2.75) is 13.3 Å². The van der Waals surface area contributed by atoms with Crippen LogP contribution in [0.15, 0.2) is 30.3 Å². The molecule has 0 radical (unpaired) electrons. The predicted molar refractivity (Wildman–Crippen MR) is 60.0 cm³/mol. The zero-order valence-electron chi connectivity index (χ0n) is 10.2. The maximum Gasteiger partial charge on any atom is 1.00 e. The SMILES string of the molecule is O=C(O)COC(=O)c1ccccc1.[CH2-]CC.[Li+]. The molecule has 0 saturated carbocycles. The Morgan fingerprint density at radius 3 is 2.18 bits per heavy atom. The third kappa shape index (κ3) is 9.67. The number of hydrogen-bond acceptors (Lipinski definition) is 3. The Bertz CT molecular complexity index is 325. The Labute approximate surface area is 113 Å². The van der Waals surface area contributed by atoms with Crippen molar-refractivity contribution in [1.29, 1.82) is 0 Å². The monoisotopic (exact) mass is 230 g/mol. The first kappa shape index (κ1) is 18.1. The number of esters is 1. The van der Waals surface area contributed by atoms with Gasteiger partial charge in [0.25, 0.3) is 0 Å². The molecular weight excluding hydrogens is 215 g/mol. The van der Waals surface area contributed by atoms with Crippen LogP contribution in [0, 0.1) is 6.92 Å². The molecule has 5 heteroatoms. The van der Waals surface area contributed by atoms with Crippen molar-refractivity contribution >= 4 is 11.9 Å². The largest absolute Gasteiger partial charge is 1.00 e. The number of benzene rings is 1. The number of carboxylic acids is 1. The first-order chi connectivity index (χ1) is 7.61. The van der Waals surface area contributed by atoms with Gasteiger partial charge in [-0.3, -0.25) is 0 Å². The molecule has 1 aromatic rings. The molecule has 1 N–H and O–H groups in total. The average Bonchev–Trinajstić information content (AvgIpc) is 2.28. The van der Waals surface area contributed by atoms with Crippen molar-refractivity contribution in [1.82, 2.24) is 0 Å². The molecule has 0 unspecified atom stereocenters. The van der Waals surface area contributed by atoms with Crippen LogP contribution in [0.1, 0.15) is 23.7 Å². The summed E-state index contributed by atoms with van der Waals surface area (Å²) in [6.07, 6.45) is 1.00. The summed E-state index contributed by atoms with van der Waals surface area (Å²) in [5.74, 6) is -1.78. The smallest absolute Gasteiger partial charge is 0.479 e. The average molecular weight is 230 g/mol. The summed E-state index contributed by atoms with van der Waals surface area (Å²) in [4.78, 5) is 21.1. The van der Waals surface area contributed by atoms with Crippen LogP contribution in [-0.2, 0) is 9.53 Å². The summed E-state index contributed by atoms with van der Waals surface area (Å²) in [5.41, 5.74) is 0.351. The summed E-state index contributed by atoms with van der Waals surface area (Å²) >= 11 is 0. The van der Waals surface area contributed by atoms with Crippen LogP contribution in [0.25, 0.3) is 0 Å². The summed E-state index contributed by atoms with van der Waals surface area (Å²) in [6.45, 7) is 4.90. The van der Waals surface area contributed by atoms with Gasteiger partial charge in [-0.1, -0.05) is 25.1 Å². The fourth-order valence-electron chi connectivity index (χ4n) is 0.785. The van der Waals surface area contributed by atoms with Gasteiger partial charge >= 0.3 is 30.8 Å². The minimum absolute atomic E-state index is 0. The normalized spacial score (nSPS) is 8.12. The van der Waals surface area contributed by atoms with Gasteiger partial charge in [0.15, 0.2) is 6.61 Å². The van der Waals surface area contributed by atoms with E-state index in [1.54, 1.807) is 30.3 Å². The topological polar surface area (TPSA) is 63.6 Å². The second-order valence-corrected chi connectivity index (χ2v) is 2.84. The fraction of sp³-hybridized carbons (Fsp3) is 0.250. The molecule has 0 aromatic heterocycles. The van der Waals surface area contributed by atoms with Crippen LogP contribution in [0.3, 0.4) is 0 Å². The molecule has 0 atom stereocenters. The molecule has 17 heavy (non-hydrogen) atoms. The first-order valence-corrected chi connectivity index (χ1v) is 4.85. The number of carbonyl (C=O) groups is 2. The van der Waals surface area contributed by atoms with Crippen LogP contribution < -0.4 is 18.9 Å². The minimum Gasteiger partial charge on any atom is -0.479 e. The molecule has 0 aliphatic rings. The van der Waals surface area contributed by atoms with E-state index in [9.17, 15) is 9.59 Å². The van der Waals surface area contributed by atoms with Crippen LogP contribution in [0.5, 0.6) is 0 Å². The standard InChI is InChI=1S/C9H8O4.C3H7.Li/c10-8(11)6-13-9(12)7-4-2-1-3-5-7;1-3-2;/h1-5H,6H2,(H,10,11);1,3H2,2H3;/q;-1;+1. The molecule has 0 saturated heterocycles. The summed E-state index contributed by atoms with van der Waals surface area (Å²) < 4.78 is 4.45. The first-order valence-electron chi connectivity index (χ1n) is 4.85. The second-order valence-electron chi connectivity index (χ2n) is 2.84. The number of hydrogen-bond donors (Lipinski definition) is 1. The second kappa shape index (κ2) is 11.2. The Kier molecular flexibility index (Phi) is 12.0. The molecule has 0 aliphatic carbocycles. The summed E-state index contributed by atoms with van der Waals surface area (Å²) in [6, 6.07) is 8.23. The van der Waals surface area contributed by atoms with Crippen molar-refractivity contribution in [3.8, 4) is 0 Å². The third-order valence-corrected chi connectivity index (χ3v) is 1.34. The van der Waals surface area contributed by atoms with Crippen molar-refractivity contribution in [2.75, 3.05) is 6.61 Å². The molecule has 0 amide bonds. The van der Waals surface area contributed by atoms with Gasteiger partial charge in [-0.05, 0) is 12.1 Å². The molecule has 1 rings (SSSR count). The summed E-state index contributed by atoms with van der Waals surface area (Å²) in [5, 5.41) is 8.23. The van der Waals surface area contributed by atoms with E-state index in [0.717, 1.165) is 6.42 Å². The Hall–Kier alpha value is -1.24. The number of carbonyl (C=O) groups excluding carboxylic acids is 1. The van der Waals surface area contributed by atoms with Crippen molar-refractivity contribution in [2.24, 2.45) is 0 Å². The van der Waals surface area contributed by atoms with Gasteiger partial charge in [-0.15, -0.1) is 0 Å². The van der Waals surface area contributed by atoms with Crippen molar-refractivity contribution < 1.29 is 38.3 Å². The van der Waals surface area contributed by atoms with Crippen molar-refractivity contribution in [3.63, 3.8) is 0 Å². The fourth-order valence-corrected chi connectivity index (χ4v) is 0.785. The van der Waals surface area contributed by atoms with Crippen LogP contribution in [0.4, 0.5) is 0 Å². The number of carboxylic acid groups (broad SMARTS) is 1. The van der Waals surface area contributed by atoms with E-state index in [-0.39, 0.29) is 18.9 Å². The van der Waals surface area contributed by atoms with E-state index in [1.807, 2.05) is 6.92 Å². The van der Waals surface area contributed by atoms with Gasteiger partial charge < -0.3 is 16.8 Å². The van der Waals surface area contributed by atoms with E-state index in [1.165, 1.54) is 0 Å². The van der Waals surface area contributed by atoms with E-state index in [4.69, 9.17) is 5.11 Å². The molecular formula is C12H15LiO4. The predicted octanol–water partition coefficient (Wildman–Crippen LogP) is -0.838. The molecule has 0 spiro atoms. The molecule has 0 heterocycles. The van der Waals surface area contributed by atoms with E-state index >= 15 is 0 Å². The van der Waals surface area contributed by atoms with Gasteiger partial charge in [-0.25, -0.2) is 9.59 Å². The van der Waals surface area contributed by atoms with Gasteiger partial charge in [0.05, 0.1) is 5.56 Å². The Morgan fingerprint density at radius 1 is 1.29 bits per heavy atom. The quantitative estimate of drug-likeness (QED) is 0.418. The van der Waals surface area contributed by atoms with Gasteiger partial charge in [-0.2, -0.15) is 6.42 Å². The maximum absolute atomic E-state index is 11.1. The van der Waals surface area contributed by atoms with Crippen LogP contribution in [0.2, 0.25) is 0 Å². The Morgan fingerprint density at radius 2 is 1.76 bits per heavy atom. The van der Waals surface area contributed by atoms with Crippen molar-refractivity contribution in [3.05, 3.63) is 42.8 Å². The summed E-state index contributed by atoms with van der Waals surface area (Å²) in [7, 11) is 0. The number of rotatable bonds is 3. The molecule has 0 aliphatic heterocycles. The van der Waals surface area contributed by atoms with Gasteiger partial charge in [0, 0.05) is 0 Å². The number of aliphatic carboxylic acids is 1. The minimum atomic E-state index is -1.16. The molecule has 88 valence electrons. The zero-order chi connectivity index (χ0) is 12.4. The van der Waals surface area contributed by atoms with E-state index in [2.05, 4.69) is 11.7 Å². The van der Waals surface area contributed by atoms with Crippen LogP contribution >= 0.6 is 0 Å². The molecule has 0 bridgehead atoms. The molecule has 4 nitrogen and oxygen atoms in total. The number of ether oxygens (including phenoxy) is 1. The van der Waals surface area contributed by atoms with Crippen LogP contribution in [-0.4, -0.2) is 23.7 Å².